The number of aliphatic hydroxyl groups excluding tert-OH is 3. The summed E-state index contributed by atoms with van der Waals surface area (Å²) >= 11 is 0. The van der Waals surface area contributed by atoms with Crippen LogP contribution in [-0.2, 0) is 9.59 Å². The lowest BCUT2D eigenvalue weighted by Gasteiger charge is -2.30. The smallest absolute Gasteiger partial charge is 0.243 e. The lowest BCUT2D eigenvalue weighted by atomic mass is 10.0. The molecule has 0 aromatic rings. The van der Waals surface area contributed by atoms with Gasteiger partial charge in [-0.15, -0.1) is 0 Å². The summed E-state index contributed by atoms with van der Waals surface area (Å²) in [4.78, 5) is 31.3. The largest absolute Gasteiger partial charge is 0.392 e. The molecule has 9 nitrogen and oxygen atoms in total. The summed E-state index contributed by atoms with van der Waals surface area (Å²) in [6.45, 7) is 13.6. The topological polar surface area (TPSA) is 125 Å². The van der Waals surface area contributed by atoms with E-state index in [9.17, 15) is 24.9 Å². The lowest BCUT2D eigenvalue weighted by molar-refractivity contribution is -0.137. The molecule has 1 fully saturated rings. The maximum atomic E-state index is 13.3. The molecular weight excluding hydrogens is 857 g/mol. The first kappa shape index (κ1) is 65.8. The second kappa shape index (κ2) is 49.0. The predicted octanol–water partition coefficient (Wildman–Crippen LogP) is 14.5. The molecule has 0 bridgehead atoms. The Hall–Kier alpha value is -1.26. The van der Waals surface area contributed by atoms with Crippen LogP contribution in [-0.4, -0.2) is 107 Å². The third-order valence-corrected chi connectivity index (χ3v) is 15.1. The molecule has 5 atom stereocenters. The summed E-state index contributed by atoms with van der Waals surface area (Å²) in [6, 6.07) is -1.00. The van der Waals surface area contributed by atoms with Gasteiger partial charge < -0.3 is 30.9 Å². The lowest BCUT2D eigenvalue weighted by Crippen LogP contribution is -2.61. The average molecular weight is 978 g/mol. The molecule has 0 radical (unpaired) electrons. The predicted molar refractivity (Wildman–Crippen MR) is 296 cm³/mol. The number of carbonyl (C=O) groups excluding carboxylic acids is 2. The molecule has 2 amide bonds. The maximum Gasteiger partial charge on any atom is 0.243 e. The fourth-order valence-corrected chi connectivity index (χ4v) is 10.5. The van der Waals surface area contributed by atoms with E-state index in [1.165, 1.54) is 199 Å². The molecule has 1 aliphatic heterocycles. The van der Waals surface area contributed by atoms with Crippen LogP contribution in [0.25, 0.3) is 0 Å². The molecule has 1 saturated heterocycles. The van der Waals surface area contributed by atoms with Crippen LogP contribution < -0.4 is 10.6 Å². The monoisotopic (exact) mass is 977 g/mol. The Morgan fingerprint density at radius 3 is 0.870 bits per heavy atom. The fraction of sp³-hybridized carbons (Fsp3) is 0.967. The minimum absolute atomic E-state index is 0.0719. The van der Waals surface area contributed by atoms with Crippen molar-refractivity contribution in [1.82, 2.24) is 20.4 Å². The van der Waals surface area contributed by atoms with Gasteiger partial charge in [0.25, 0.3) is 0 Å². The molecule has 1 rings (SSSR count). The van der Waals surface area contributed by atoms with Gasteiger partial charge in [0.15, 0.2) is 0 Å². The van der Waals surface area contributed by atoms with Gasteiger partial charge in [-0.25, -0.2) is 0 Å². The van der Waals surface area contributed by atoms with Crippen molar-refractivity contribution in [3.05, 3.63) is 0 Å². The van der Waals surface area contributed by atoms with Crippen LogP contribution in [0.15, 0.2) is 0 Å². The third-order valence-electron chi connectivity index (χ3n) is 15.1. The van der Waals surface area contributed by atoms with E-state index < -0.39 is 24.3 Å². The van der Waals surface area contributed by atoms with Gasteiger partial charge in [-0.2, -0.15) is 0 Å². The van der Waals surface area contributed by atoms with Crippen LogP contribution in [0.5, 0.6) is 0 Å². The Morgan fingerprint density at radius 1 is 0.333 bits per heavy atom. The zero-order chi connectivity index (χ0) is 50.3. The summed E-state index contributed by atoms with van der Waals surface area (Å²) in [5.41, 5.74) is 0. The van der Waals surface area contributed by atoms with Gasteiger partial charge in [-0.05, 0) is 83.8 Å². The van der Waals surface area contributed by atoms with Crippen LogP contribution >= 0.6 is 0 Å². The van der Waals surface area contributed by atoms with Gasteiger partial charge in [0.05, 0.1) is 18.3 Å². The number of hydrogen-bond donors (Lipinski definition) is 5. The van der Waals surface area contributed by atoms with Gasteiger partial charge in [0, 0.05) is 19.6 Å². The highest BCUT2D eigenvalue weighted by Crippen LogP contribution is 2.18. The van der Waals surface area contributed by atoms with Gasteiger partial charge in [0.2, 0.25) is 11.8 Å². The second-order valence-electron chi connectivity index (χ2n) is 22.1. The minimum Gasteiger partial charge on any atom is -0.392 e. The van der Waals surface area contributed by atoms with E-state index in [-0.39, 0.29) is 17.9 Å². The van der Waals surface area contributed by atoms with Crippen LogP contribution in [0.4, 0.5) is 0 Å². The number of amides is 2. The number of unbranched alkanes of at least 4 members (excludes halogenated alkanes) is 32. The Bertz CT molecular complexity index is 1090. The Balaban J connectivity index is 2.56. The van der Waals surface area contributed by atoms with Crippen molar-refractivity contribution in [1.29, 1.82) is 0 Å². The molecule has 0 aromatic carbocycles. The number of nitrogens with one attached hydrogen (secondary N) is 2. The van der Waals surface area contributed by atoms with Crippen LogP contribution in [0, 0.1) is 0 Å². The highest BCUT2D eigenvalue weighted by Gasteiger charge is 2.33. The molecule has 1 heterocycles. The second-order valence-corrected chi connectivity index (χ2v) is 22.1. The molecular formula is C60H120N4O5. The highest BCUT2D eigenvalue weighted by molar-refractivity contribution is 5.96. The van der Waals surface area contributed by atoms with E-state index in [1.54, 1.807) is 0 Å². The van der Waals surface area contributed by atoms with Crippen molar-refractivity contribution >= 4 is 11.8 Å². The molecule has 5 N–H and O–H groups in total. The molecule has 0 aliphatic carbocycles. The van der Waals surface area contributed by atoms with Crippen molar-refractivity contribution in [3.63, 3.8) is 0 Å². The van der Waals surface area contributed by atoms with Crippen molar-refractivity contribution in [3.8, 4) is 0 Å². The van der Waals surface area contributed by atoms with E-state index in [1.807, 2.05) is 0 Å². The summed E-state index contributed by atoms with van der Waals surface area (Å²) in [7, 11) is 0. The van der Waals surface area contributed by atoms with E-state index >= 15 is 0 Å². The third kappa shape index (κ3) is 40.9. The van der Waals surface area contributed by atoms with E-state index in [2.05, 4.69) is 48.1 Å². The first-order chi connectivity index (χ1) is 33.7. The van der Waals surface area contributed by atoms with Gasteiger partial charge >= 0.3 is 0 Å². The quantitative estimate of drug-likeness (QED) is 0.0384. The fourth-order valence-electron chi connectivity index (χ4n) is 10.5. The highest BCUT2D eigenvalue weighted by atomic mass is 16.3. The molecule has 9 heteroatoms. The van der Waals surface area contributed by atoms with Crippen molar-refractivity contribution in [2.75, 3.05) is 39.3 Å². The summed E-state index contributed by atoms with van der Waals surface area (Å²) in [5, 5.41) is 39.3. The average Bonchev–Trinajstić information content (AvgIpc) is 3.33. The summed E-state index contributed by atoms with van der Waals surface area (Å²) < 4.78 is 0. The van der Waals surface area contributed by atoms with Crippen LogP contribution in [0.1, 0.15) is 304 Å². The van der Waals surface area contributed by atoms with Gasteiger partial charge in [0.1, 0.15) is 12.1 Å². The first-order valence-corrected chi connectivity index (χ1v) is 30.8. The van der Waals surface area contributed by atoms with E-state index in [4.69, 9.17) is 0 Å². The number of aliphatic hydroxyl groups is 3. The standard InChI is InChI=1S/C60H120N4O5/c1-5-9-13-17-21-25-26-30-34-40-48-63(51-54(65)43-35-31-27-22-18-14-10-6-2)49-41-38-46-57-59(68)62-58(60(69)61-57)47-39-42-50-64(52-55(66)44-36-32-28-23-19-15-11-7-3)53-56(67)45-37-33-29-24-20-16-12-8-4/h54-58,65-67H,5-53H2,1-4H3,(H,61,69)(H,62,68)/t54-,55-,56-,57-,58-/m1/s1. The minimum atomic E-state index is -0.513. The molecule has 0 saturated carbocycles. The van der Waals surface area contributed by atoms with Crippen LogP contribution in [0.3, 0.4) is 0 Å². The summed E-state index contributed by atoms with van der Waals surface area (Å²) in [6.07, 6.45) is 49.5. The summed E-state index contributed by atoms with van der Waals surface area (Å²) in [5.74, 6) is -0.151. The number of rotatable bonds is 54. The molecule has 0 aromatic heterocycles. The zero-order valence-corrected chi connectivity index (χ0v) is 46.6. The molecule has 69 heavy (non-hydrogen) atoms. The van der Waals surface area contributed by atoms with E-state index in [0.717, 1.165) is 90.4 Å². The SMILES string of the molecule is CCCCCCCCCCCCN(CCCC[C@H]1NC(=O)[C@@H](CCCCN(C[C@H](O)CCCCCCCCCC)C[C@H](O)CCCCCCCCCC)NC1=O)C[C@H](O)CCCCCCCCCC. The zero-order valence-electron chi connectivity index (χ0n) is 46.6. The van der Waals surface area contributed by atoms with E-state index in [0.29, 0.717) is 25.9 Å². The normalized spacial score (nSPS) is 16.7. The molecule has 1 aliphatic rings. The molecule has 0 unspecified atom stereocenters. The van der Waals surface area contributed by atoms with Crippen LogP contribution in [0.2, 0.25) is 0 Å². The number of piperazine rings is 1. The van der Waals surface area contributed by atoms with Gasteiger partial charge in [-0.1, -0.05) is 240 Å². The van der Waals surface area contributed by atoms with Crippen molar-refractivity contribution in [2.45, 2.75) is 334 Å². The van der Waals surface area contributed by atoms with Crippen molar-refractivity contribution in [2.24, 2.45) is 0 Å². The Labute approximate surface area is 429 Å². The van der Waals surface area contributed by atoms with Crippen molar-refractivity contribution < 1.29 is 24.9 Å². The van der Waals surface area contributed by atoms with Gasteiger partial charge in [-0.3, -0.25) is 14.5 Å². The molecule has 0 spiro atoms. The first-order valence-electron chi connectivity index (χ1n) is 30.8. The Morgan fingerprint density at radius 2 is 0.565 bits per heavy atom. The maximum absolute atomic E-state index is 13.3. The Kier molecular flexibility index (Phi) is 46.7. The number of hydrogen-bond acceptors (Lipinski definition) is 7. The number of nitrogens with zero attached hydrogens (tertiary/aromatic N) is 2. The number of carbonyl (C=O) groups is 2. The molecule has 410 valence electrons.